The molecule has 5 aliphatic rings. The summed E-state index contributed by atoms with van der Waals surface area (Å²) in [7, 11) is 4.28. The Balaban J connectivity index is 1.50. The Morgan fingerprint density at radius 2 is 1.88 bits per heavy atom. The van der Waals surface area contributed by atoms with Crippen molar-refractivity contribution >= 4 is 11.9 Å². The van der Waals surface area contributed by atoms with Gasteiger partial charge in [-0.3, -0.25) is 4.79 Å². The van der Waals surface area contributed by atoms with Crippen LogP contribution in [-0.2, 0) is 14.3 Å². The van der Waals surface area contributed by atoms with Gasteiger partial charge in [0.25, 0.3) is 5.95 Å². The molecule has 4 aliphatic carbocycles. The first-order valence-electron chi connectivity index (χ1n) is 18.8. The van der Waals surface area contributed by atoms with Crippen molar-refractivity contribution in [2.75, 3.05) is 39.6 Å². The summed E-state index contributed by atoms with van der Waals surface area (Å²) in [6, 6.07) is 0.145. The van der Waals surface area contributed by atoms with Gasteiger partial charge < -0.3 is 25.2 Å². The van der Waals surface area contributed by atoms with Crippen molar-refractivity contribution in [2.24, 2.45) is 56.7 Å². The smallest absolute Gasteiger partial charge is 0.307 e. The van der Waals surface area contributed by atoms with Crippen LogP contribution in [0.25, 0.3) is 0 Å². The summed E-state index contributed by atoms with van der Waals surface area (Å²) in [6.07, 6.45) is 10.1. The summed E-state index contributed by atoms with van der Waals surface area (Å²) >= 11 is 0. The van der Waals surface area contributed by atoms with E-state index in [9.17, 15) is 9.90 Å². The van der Waals surface area contributed by atoms with E-state index in [0.717, 1.165) is 51.4 Å². The largest absolute Gasteiger partial charge is 0.481 e. The van der Waals surface area contributed by atoms with Crippen LogP contribution in [-0.4, -0.2) is 82.2 Å². The number of hydrogen-bond acceptors (Lipinski definition) is 8. The Hall–Kier alpha value is -2.04. The lowest BCUT2D eigenvalue weighted by Crippen LogP contribution is -2.70. The van der Waals surface area contributed by atoms with Gasteiger partial charge >= 0.3 is 5.97 Å². The lowest BCUT2D eigenvalue weighted by Gasteiger charge is -2.71. The third-order valence-electron chi connectivity index (χ3n) is 15.6. The van der Waals surface area contributed by atoms with Gasteiger partial charge in [0.05, 0.1) is 31.8 Å². The standard InChI is InChI=1S/C38H64N6O4/c1-11-12-25(43(9)10)20-48-31-28(44-41-33(39)40-42-44)19-34(5)21-47-22-38(31)27-15-16-37(8)30(32(45)46)35(6,24(4)23(2)3)17-18-36(37,7)26(27)13-14-29(34)38/h15,23-26,28-31H,11-14,16-22H2,1-10H3,(H2,39,41)(H,45,46)/t24-,25+,26+,28-,29-,30-,31+,34-,35-,36-,37+,38+/m1/s1. The minimum absolute atomic E-state index is 0.0928. The number of allylic oxidation sites excluding steroid dienone is 1. The SMILES string of the molecule is CCC[C@@H](CO[C@H]1[C@H](n2nnc(N)n2)C[C@]2(C)COC[C@@]13C1=CC[C@@]4(C)[C@H](C(=O)O)[C@@](C)([C@H](C)C(C)C)CC[C@]4(C)[C@H]1CC[C@H]23)N(C)C. The molecule has 12 atom stereocenters. The molecule has 10 nitrogen and oxygen atoms in total. The molecule has 1 aromatic rings. The highest BCUT2D eigenvalue weighted by Gasteiger charge is 2.72. The number of fused-ring (bicyclic) bond motifs is 3. The maximum atomic E-state index is 13.5. The average molecular weight is 669 g/mol. The number of ether oxygens (including phenoxy) is 2. The number of carbonyl (C=O) groups is 1. The van der Waals surface area contributed by atoms with Crippen LogP contribution in [0, 0.1) is 56.7 Å². The van der Waals surface area contributed by atoms with Gasteiger partial charge in [-0.15, -0.1) is 5.10 Å². The van der Waals surface area contributed by atoms with Crippen LogP contribution >= 0.6 is 0 Å². The van der Waals surface area contributed by atoms with Gasteiger partial charge in [0.2, 0.25) is 0 Å². The molecule has 6 rings (SSSR count). The Morgan fingerprint density at radius 1 is 1.15 bits per heavy atom. The number of nitrogens with zero attached hydrogens (tertiary/aromatic N) is 5. The monoisotopic (exact) mass is 668 g/mol. The lowest BCUT2D eigenvalue weighted by atomic mass is 9.34. The van der Waals surface area contributed by atoms with Gasteiger partial charge in [0, 0.05) is 11.5 Å². The zero-order valence-corrected chi connectivity index (χ0v) is 31.5. The quantitative estimate of drug-likeness (QED) is 0.269. The Labute approximate surface area is 288 Å². The van der Waals surface area contributed by atoms with Crippen molar-refractivity contribution in [1.82, 2.24) is 25.1 Å². The highest BCUT2D eigenvalue weighted by molar-refractivity contribution is 5.73. The summed E-state index contributed by atoms with van der Waals surface area (Å²) in [4.78, 5) is 17.5. The molecule has 0 amide bonds. The van der Waals surface area contributed by atoms with Crippen molar-refractivity contribution in [3.8, 4) is 0 Å². The number of aromatic nitrogens is 4. The van der Waals surface area contributed by atoms with E-state index in [4.69, 9.17) is 15.2 Å². The molecule has 270 valence electrons. The van der Waals surface area contributed by atoms with Gasteiger partial charge in [-0.2, -0.15) is 4.80 Å². The fourth-order valence-corrected chi connectivity index (χ4v) is 12.5. The Bertz CT molecular complexity index is 1400. The van der Waals surface area contributed by atoms with E-state index in [-0.39, 0.29) is 57.1 Å². The maximum Gasteiger partial charge on any atom is 0.307 e. The molecule has 1 aliphatic heterocycles. The first-order chi connectivity index (χ1) is 22.5. The lowest BCUT2D eigenvalue weighted by molar-refractivity contribution is -0.255. The van der Waals surface area contributed by atoms with E-state index < -0.39 is 11.9 Å². The summed E-state index contributed by atoms with van der Waals surface area (Å²) < 4.78 is 14.0. The van der Waals surface area contributed by atoms with Gasteiger partial charge in [0.1, 0.15) is 6.04 Å². The molecule has 2 heterocycles. The summed E-state index contributed by atoms with van der Waals surface area (Å²) in [5.41, 5.74) is 6.24. The van der Waals surface area contributed by atoms with E-state index in [1.165, 1.54) is 5.57 Å². The van der Waals surface area contributed by atoms with Crippen molar-refractivity contribution < 1.29 is 19.4 Å². The number of hydrogen-bond donors (Lipinski definition) is 2. The topological polar surface area (TPSA) is 129 Å². The van der Waals surface area contributed by atoms with Crippen LogP contribution in [0.1, 0.15) is 113 Å². The van der Waals surface area contributed by atoms with Crippen LogP contribution in [0.4, 0.5) is 5.95 Å². The van der Waals surface area contributed by atoms with Crippen LogP contribution in [0.15, 0.2) is 11.6 Å². The van der Waals surface area contributed by atoms with Crippen molar-refractivity contribution in [3.63, 3.8) is 0 Å². The highest BCUT2D eigenvalue weighted by Crippen LogP contribution is 2.75. The molecule has 1 saturated heterocycles. The zero-order valence-electron chi connectivity index (χ0n) is 31.5. The molecule has 2 bridgehead atoms. The van der Waals surface area contributed by atoms with E-state index in [1.807, 2.05) is 0 Å². The molecule has 0 aromatic carbocycles. The number of carboxylic acid groups (broad SMARTS) is 1. The summed E-state index contributed by atoms with van der Waals surface area (Å²) in [6.45, 7) is 20.4. The number of tetrazole rings is 1. The molecular formula is C38H64N6O4. The number of rotatable bonds is 10. The molecule has 0 unspecified atom stereocenters. The molecule has 3 saturated carbocycles. The average Bonchev–Trinajstić information content (AvgIpc) is 3.45. The van der Waals surface area contributed by atoms with Gasteiger partial charge in [-0.25, -0.2) is 0 Å². The molecular weight excluding hydrogens is 604 g/mol. The normalized spacial score (nSPS) is 43.6. The van der Waals surface area contributed by atoms with E-state index >= 15 is 0 Å². The number of anilines is 1. The van der Waals surface area contributed by atoms with Crippen LogP contribution in [0.2, 0.25) is 0 Å². The molecule has 1 aromatic heterocycles. The number of nitrogen functional groups attached to an aromatic ring is 1. The van der Waals surface area contributed by atoms with Crippen LogP contribution in [0.3, 0.4) is 0 Å². The zero-order chi connectivity index (χ0) is 35.0. The Kier molecular flexibility index (Phi) is 9.19. The third-order valence-corrected chi connectivity index (χ3v) is 15.6. The van der Waals surface area contributed by atoms with E-state index in [0.29, 0.717) is 37.6 Å². The van der Waals surface area contributed by atoms with Gasteiger partial charge in [-0.1, -0.05) is 78.6 Å². The molecule has 48 heavy (non-hydrogen) atoms. The predicted molar refractivity (Wildman–Crippen MR) is 187 cm³/mol. The molecule has 10 heteroatoms. The second-order valence-electron chi connectivity index (χ2n) is 18.3. The number of nitrogens with two attached hydrogens (primary N) is 1. The van der Waals surface area contributed by atoms with Crippen molar-refractivity contribution in [1.29, 1.82) is 0 Å². The second-order valence-corrected chi connectivity index (χ2v) is 18.3. The highest BCUT2D eigenvalue weighted by atomic mass is 16.5. The molecule has 0 radical (unpaired) electrons. The first-order valence-corrected chi connectivity index (χ1v) is 18.8. The fourth-order valence-electron chi connectivity index (χ4n) is 12.5. The number of aliphatic carboxylic acids is 1. The van der Waals surface area contributed by atoms with E-state index in [2.05, 4.69) is 95.9 Å². The summed E-state index contributed by atoms with van der Waals surface area (Å²) in [5.74, 6) is 0.476. The Morgan fingerprint density at radius 3 is 2.48 bits per heavy atom. The summed E-state index contributed by atoms with van der Waals surface area (Å²) in [5, 5.41) is 24.3. The van der Waals surface area contributed by atoms with Gasteiger partial charge in [-0.05, 0) is 110 Å². The molecule has 4 fully saturated rings. The second kappa shape index (κ2) is 12.3. The maximum absolute atomic E-state index is 13.5. The van der Waals surface area contributed by atoms with Crippen LogP contribution < -0.4 is 5.73 Å². The van der Waals surface area contributed by atoms with E-state index in [1.54, 1.807) is 4.80 Å². The molecule has 0 spiro atoms. The molecule has 3 N–H and O–H groups in total. The van der Waals surface area contributed by atoms with Gasteiger partial charge in [0.15, 0.2) is 0 Å². The minimum Gasteiger partial charge on any atom is -0.481 e. The third kappa shape index (κ3) is 5.03. The fraction of sp³-hybridized carbons (Fsp3) is 0.895. The van der Waals surface area contributed by atoms with Crippen LogP contribution in [0.5, 0.6) is 0 Å². The predicted octanol–water partition coefficient (Wildman–Crippen LogP) is 6.50. The first kappa shape index (κ1) is 35.8. The van der Waals surface area contributed by atoms with Crippen molar-refractivity contribution in [2.45, 2.75) is 125 Å². The minimum atomic E-state index is -0.630. The number of carboxylic acids is 1. The van der Waals surface area contributed by atoms with Crippen molar-refractivity contribution in [3.05, 3.63) is 11.6 Å². The number of likely N-dealkylation sites (N-methyl/N-ethyl adjacent to an activating group) is 1.